The zero-order valence-corrected chi connectivity index (χ0v) is 14.0. The van der Waals surface area contributed by atoms with E-state index in [2.05, 4.69) is 20.9 Å². The van der Waals surface area contributed by atoms with Crippen molar-refractivity contribution in [1.29, 1.82) is 0 Å². The summed E-state index contributed by atoms with van der Waals surface area (Å²) in [6.07, 6.45) is 0. The molecule has 2 aromatic rings. The Bertz CT molecular complexity index is 680. The van der Waals surface area contributed by atoms with E-state index in [1.54, 1.807) is 0 Å². The van der Waals surface area contributed by atoms with Crippen molar-refractivity contribution in [3.05, 3.63) is 62.5 Å². The van der Waals surface area contributed by atoms with Gasteiger partial charge in [0, 0.05) is 25.8 Å². The molecule has 0 saturated carbocycles. The Morgan fingerprint density at radius 2 is 1.71 bits per heavy atom. The molecule has 1 heterocycles. The lowest BCUT2D eigenvalue weighted by Crippen LogP contribution is -2.36. The van der Waals surface area contributed by atoms with Crippen LogP contribution in [0.5, 0.6) is 0 Å². The Morgan fingerprint density at radius 1 is 1.10 bits per heavy atom. The lowest BCUT2D eigenvalue weighted by molar-refractivity contribution is 0.769. The van der Waals surface area contributed by atoms with Crippen molar-refractivity contribution < 1.29 is 0 Å². The number of hydrogen-bond donors (Lipinski definition) is 1. The summed E-state index contributed by atoms with van der Waals surface area (Å²) >= 11 is 16.1. The van der Waals surface area contributed by atoms with E-state index in [4.69, 9.17) is 28.9 Å². The molecule has 6 heteroatoms. The minimum Gasteiger partial charge on any atom is -0.369 e. The molecule has 1 aliphatic heterocycles. The molecule has 0 spiro atoms. The van der Waals surface area contributed by atoms with Gasteiger partial charge in [-0.2, -0.15) is 0 Å². The van der Waals surface area contributed by atoms with Crippen LogP contribution in [-0.4, -0.2) is 12.5 Å². The van der Waals surface area contributed by atoms with Gasteiger partial charge in [-0.3, -0.25) is 4.99 Å². The standard InChI is InChI=1S/C15H12BrCl2N3/c16-9-4-6-10(7-5-9)21-13(8-20-15(21)19)14-11(17)2-1-3-12(14)18/h1-7,13H,8H2,(H2,19,20). The Balaban J connectivity index is 2.05. The summed E-state index contributed by atoms with van der Waals surface area (Å²) in [5.74, 6) is 0.471. The van der Waals surface area contributed by atoms with Gasteiger partial charge in [0.15, 0.2) is 5.96 Å². The van der Waals surface area contributed by atoms with Gasteiger partial charge in [0.05, 0.1) is 12.6 Å². The minimum atomic E-state index is -0.0904. The summed E-state index contributed by atoms with van der Waals surface area (Å²) in [5.41, 5.74) is 7.87. The van der Waals surface area contributed by atoms with Crippen LogP contribution < -0.4 is 10.6 Å². The van der Waals surface area contributed by atoms with E-state index in [1.807, 2.05) is 47.4 Å². The molecule has 1 unspecified atom stereocenters. The second kappa shape index (κ2) is 5.87. The number of benzene rings is 2. The molecule has 2 N–H and O–H groups in total. The summed E-state index contributed by atoms with van der Waals surface area (Å²) < 4.78 is 1.01. The molecule has 3 rings (SSSR count). The van der Waals surface area contributed by atoms with Gasteiger partial charge in [0.1, 0.15) is 0 Å². The predicted molar refractivity (Wildman–Crippen MR) is 92.3 cm³/mol. The molecular formula is C15H12BrCl2N3. The second-order valence-electron chi connectivity index (χ2n) is 4.70. The molecule has 21 heavy (non-hydrogen) atoms. The number of guanidine groups is 1. The smallest absolute Gasteiger partial charge is 0.196 e. The van der Waals surface area contributed by atoms with Crippen molar-refractivity contribution >= 4 is 50.8 Å². The van der Waals surface area contributed by atoms with Gasteiger partial charge in [-0.25, -0.2) is 0 Å². The van der Waals surface area contributed by atoms with Crippen LogP contribution in [0.15, 0.2) is 51.9 Å². The van der Waals surface area contributed by atoms with Gasteiger partial charge in [0.2, 0.25) is 0 Å². The second-order valence-corrected chi connectivity index (χ2v) is 6.43. The lowest BCUT2D eigenvalue weighted by Gasteiger charge is -2.28. The van der Waals surface area contributed by atoms with Crippen LogP contribution in [0.2, 0.25) is 10.0 Å². The van der Waals surface area contributed by atoms with Crippen LogP contribution in [0.25, 0.3) is 0 Å². The first-order valence-corrected chi connectivity index (χ1v) is 7.91. The molecule has 0 aliphatic carbocycles. The summed E-state index contributed by atoms with van der Waals surface area (Å²) in [6, 6.07) is 13.3. The molecule has 0 fully saturated rings. The van der Waals surface area contributed by atoms with Crippen molar-refractivity contribution in [3.8, 4) is 0 Å². The number of anilines is 1. The van der Waals surface area contributed by atoms with Crippen LogP contribution in [0, 0.1) is 0 Å². The molecule has 0 amide bonds. The first-order valence-electron chi connectivity index (χ1n) is 6.36. The maximum atomic E-state index is 6.32. The Kier molecular flexibility index (Phi) is 4.11. The van der Waals surface area contributed by atoms with Crippen molar-refractivity contribution in [2.24, 2.45) is 10.7 Å². The monoisotopic (exact) mass is 383 g/mol. The largest absolute Gasteiger partial charge is 0.369 e. The number of nitrogens with zero attached hydrogens (tertiary/aromatic N) is 2. The summed E-state index contributed by atoms with van der Waals surface area (Å²) in [6.45, 7) is 0.533. The molecule has 0 radical (unpaired) electrons. The van der Waals surface area contributed by atoms with Gasteiger partial charge in [-0.05, 0) is 36.4 Å². The molecule has 0 saturated heterocycles. The fraction of sp³-hybridized carbons (Fsp3) is 0.133. The van der Waals surface area contributed by atoms with Gasteiger partial charge in [0.25, 0.3) is 0 Å². The van der Waals surface area contributed by atoms with Crippen LogP contribution in [-0.2, 0) is 0 Å². The highest BCUT2D eigenvalue weighted by Crippen LogP contribution is 2.38. The summed E-state index contributed by atoms with van der Waals surface area (Å²) in [5, 5.41) is 1.25. The maximum Gasteiger partial charge on any atom is 0.196 e. The van der Waals surface area contributed by atoms with Crippen molar-refractivity contribution in [1.82, 2.24) is 0 Å². The van der Waals surface area contributed by atoms with E-state index in [0.717, 1.165) is 15.7 Å². The fourth-order valence-corrected chi connectivity index (χ4v) is 3.37. The number of rotatable bonds is 2. The van der Waals surface area contributed by atoms with E-state index in [1.165, 1.54) is 0 Å². The van der Waals surface area contributed by atoms with Crippen LogP contribution in [0.4, 0.5) is 5.69 Å². The SMILES string of the molecule is NC1=NCC(c2c(Cl)cccc2Cl)N1c1ccc(Br)cc1. The van der Waals surface area contributed by atoms with Crippen molar-refractivity contribution in [2.75, 3.05) is 11.4 Å². The van der Waals surface area contributed by atoms with E-state index < -0.39 is 0 Å². The summed E-state index contributed by atoms with van der Waals surface area (Å²) in [4.78, 5) is 6.31. The van der Waals surface area contributed by atoms with Crippen LogP contribution in [0.3, 0.4) is 0 Å². The highest BCUT2D eigenvalue weighted by atomic mass is 79.9. The zero-order chi connectivity index (χ0) is 15.0. The molecule has 3 nitrogen and oxygen atoms in total. The Labute approximate surface area is 141 Å². The first-order chi connectivity index (χ1) is 10.1. The molecule has 2 aromatic carbocycles. The Hall–Kier alpha value is -1.23. The topological polar surface area (TPSA) is 41.6 Å². The van der Waals surface area contributed by atoms with Gasteiger partial charge in [-0.1, -0.05) is 45.2 Å². The number of halogens is 3. The van der Waals surface area contributed by atoms with Crippen molar-refractivity contribution in [2.45, 2.75) is 6.04 Å². The zero-order valence-electron chi connectivity index (χ0n) is 10.9. The highest BCUT2D eigenvalue weighted by molar-refractivity contribution is 9.10. The third kappa shape index (κ3) is 2.76. The van der Waals surface area contributed by atoms with Gasteiger partial charge < -0.3 is 10.6 Å². The fourth-order valence-electron chi connectivity index (χ4n) is 2.46. The average molecular weight is 385 g/mol. The van der Waals surface area contributed by atoms with E-state index in [-0.39, 0.29) is 6.04 Å². The third-order valence-corrected chi connectivity index (χ3v) is 4.61. The Morgan fingerprint density at radius 3 is 2.33 bits per heavy atom. The molecule has 1 aliphatic rings. The minimum absolute atomic E-state index is 0.0904. The highest BCUT2D eigenvalue weighted by Gasteiger charge is 2.31. The molecule has 0 aromatic heterocycles. The lowest BCUT2D eigenvalue weighted by atomic mass is 10.1. The predicted octanol–water partition coefficient (Wildman–Crippen LogP) is 4.63. The van der Waals surface area contributed by atoms with Gasteiger partial charge in [-0.15, -0.1) is 0 Å². The quantitative estimate of drug-likeness (QED) is 0.819. The van der Waals surface area contributed by atoms with Crippen LogP contribution in [0.1, 0.15) is 11.6 Å². The average Bonchev–Trinajstić information content (AvgIpc) is 2.82. The molecular weight excluding hydrogens is 373 g/mol. The van der Waals surface area contributed by atoms with Crippen molar-refractivity contribution in [3.63, 3.8) is 0 Å². The maximum absolute atomic E-state index is 6.32. The number of nitrogens with two attached hydrogens (primary N) is 1. The van der Waals surface area contributed by atoms with Gasteiger partial charge >= 0.3 is 0 Å². The first kappa shape index (κ1) is 14.7. The number of aliphatic imine (C=N–C) groups is 1. The van der Waals surface area contributed by atoms with E-state index in [9.17, 15) is 0 Å². The molecule has 108 valence electrons. The van der Waals surface area contributed by atoms with E-state index >= 15 is 0 Å². The third-order valence-electron chi connectivity index (χ3n) is 3.42. The molecule has 1 atom stereocenters. The summed E-state index contributed by atoms with van der Waals surface area (Å²) in [7, 11) is 0. The molecule has 0 bridgehead atoms. The van der Waals surface area contributed by atoms with Crippen LogP contribution >= 0.6 is 39.1 Å². The van der Waals surface area contributed by atoms with E-state index in [0.29, 0.717) is 22.5 Å². The normalized spacial score (nSPS) is 18.0. The number of hydrogen-bond acceptors (Lipinski definition) is 3.